The third kappa shape index (κ3) is 4.52. The first-order valence-corrected chi connectivity index (χ1v) is 9.79. The van der Waals surface area contributed by atoms with Crippen molar-refractivity contribution in [3.63, 3.8) is 0 Å². The Morgan fingerprint density at radius 1 is 1.24 bits per heavy atom. The van der Waals surface area contributed by atoms with Gasteiger partial charge in [0.25, 0.3) is 5.91 Å². The Balaban J connectivity index is 1.61. The Labute approximate surface area is 163 Å². The number of thiazole rings is 1. The first-order chi connectivity index (χ1) is 12.0. The van der Waals surface area contributed by atoms with Gasteiger partial charge in [0.15, 0.2) is 4.34 Å². The quantitative estimate of drug-likeness (QED) is 0.356. The second kappa shape index (κ2) is 8.19. The molecular formula is C17H13Cl2N3OS2. The van der Waals surface area contributed by atoms with Crippen molar-refractivity contribution in [3.8, 4) is 0 Å². The lowest BCUT2D eigenvalue weighted by atomic mass is 10.2. The van der Waals surface area contributed by atoms with Crippen molar-refractivity contribution in [2.45, 2.75) is 16.5 Å². The van der Waals surface area contributed by atoms with E-state index >= 15 is 0 Å². The number of hydrogen-bond acceptors (Lipinski definition) is 5. The molecule has 0 saturated heterocycles. The summed E-state index contributed by atoms with van der Waals surface area (Å²) in [6.45, 7) is 1.81. The Hall–Kier alpha value is -1.60. The predicted octanol–water partition coefficient (Wildman–Crippen LogP) is 5.23. The maximum atomic E-state index is 12.2. The highest BCUT2D eigenvalue weighted by molar-refractivity contribution is 8.02. The normalized spacial score (nSPS) is 12.6. The maximum Gasteiger partial charge on any atom is 0.253 e. The summed E-state index contributed by atoms with van der Waals surface area (Å²) in [4.78, 5) is 16.7. The topological polar surface area (TPSA) is 54.4 Å². The molecule has 0 radical (unpaired) electrons. The van der Waals surface area contributed by atoms with Gasteiger partial charge in [0, 0.05) is 5.56 Å². The van der Waals surface area contributed by atoms with Crippen molar-refractivity contribution in [1.82, 2.24) is 10.4 Å². The molecule has 3 aromatic rings. The monoisotopic (exact) mass is 409 g/mol. The molecule has 1 unspecified atom stereocenters. The van der Waals surface area contributed by atoms with Crippen LogP contribution in [0.5, 0.6) is 0 Å². The molecule has 8 heteroatoms. The summed E-state index contributed by atoms with van der Waals surface area (Å²) >= 11 is 15.1. The van der Waals surface area contributed by atoms with E-state index in [4.69, 9.17) is 23.2 Å². The summed E-state index contributed by atoms with van der Waals surface area (Å²) in [6.07, 6.45) is 1.44. The van der Waals surface area contributed by atoms with Crippen LogP contribution in [0, 0.1) is 0 Å². The molecule has 1 heterocycles. The molecule has 2 aromatic carbocycles. The van der Waals surface area contributed by atoms with Gasteiger partial charge < -0.3 is 0 Å². The minimum absolute atomic E-state index is 0.219. The highest BCUT2D eigenvalue weighted by Gasteiger charge is 2.16. The van der Waals surface area contributed by atoms with Crippen LogP contribution in [0.25, 0.3) is 10.2 Å². The summed E-state index contributed by atoms with van der Waals surface area (Å²) in [6, 6.07) is 13.1. The van der Waals surface area contributed by atoms with Gasteiger partial charge in [-0.3, -0.25) is 4.79 Å². The lowest BCUT2D eigenvalue weighted by molar-refractivity contribution is -0.120. The highest BCUT2D eigenvalue weighted by atomic mass is 35.5. The van der Waals surface area contributed by atoms with Gasteiger partial charge in [-0.25, -0.2) is 10.4 Å². The molecule has 1 amide bonds. The zero-order valence-corrected chi connectivity index (χ0v) is 16.2. The van der Waals surface area contributed by atoms with Crippen molar-refractivity contribution in [3.05, 3.63) is 58.1 Å². The second-order valence-corrected chi connectivity index (χ2v) is 8.51. The summed E-state index contributed by atoms with van der Waals surface area (Å²) in [5.74, 6) is -0.219. The molecule has 0 bridgehead atoms. The van der Waals surface area contributed by atoms with E-state index in [1.54, 1.807) is 29.5 Å². The summed E-state index contributed by atoms with van der Waals surface area (Å²) in [5, 5.41) is 4.56. The van der Waals surface area contributed by atoms with Gasteiger partial charge in [-0.05, 0) is 31.2 Å². The highest BCUT2D eigenvalue weighted by Crippen LogP contribution is 2.31. The minimum Gasteiger partial charge on any atom is -0.272 e. The molecule has 0 aliphatic heterocycles. The third-order valence-electron chi connectivity index (χ3n) is 3.29. The smallest absolute Gasteiger partial charge is 0.253 e. The number of hydrazone groups is 1. The number of nitrogens with zero attached hydrogens (tertiary/aromatic N) is 2. The van der Waals surface area contributed by atoms with Gasteiger partial charge in [0.05, 0.1) is 31.7 Å². The summed E-state index contributed by atoms with van der Waals surface area (Å²) in [7, 11) is 0. The molecule has 0 aliphatic carbocycles. The van der Waals surface area contributed by atoms with E-state index in [1.807, 2.05) is 31.2 Å². The number of benzene rings is 2. The molecule has 0 spiro atoms. The molecule has 0 saturated carbocycles. The summed E-state index contributed by atoms with van der Waals surface area (Å²) < 4.78 is 1.95. The molecule has 1 N–H and O–H groups in total. The number of aromatic nitrogens is 1. The number of para-hydroxylation sites is 1. The number of hydrogen-bond donors (Lipinski definition) is 1. The van der Waals surface area contributed by atoms with Crippen molar-refractivity contribution >= 4 is 68.6 Å². The van der Waals surface area contributed by atoms with E-state index in [2.05, 4.69) is 15.5 Å². The van der Waals surface area contributed by atoms with Crippen molar-refractivity contribution in [1.29, 1.82) is 0 Å². The predicted molar refractivity (Wildman–Crippen MR) is 107 cm³/mol. The number of halogens is 2. The van der Waals surface area contributed by atoms with Crippen molar-refractivity contribution in [2.75, 3.05) is 0 Å². The molecular weight excluding hydrogens is 397 g/mol. The maximum absolute atomic E-state index is 12.2. The molecule has 0 aliphatic rings. The fourth-order valence-electron chi connectivity index (χ4n) is 1.99. The van der Waals surface area contributed by atoms with Gasteiger partial charge in [-0.2, -0.15) is 5.10 Å². The fourth-order valence-corrected chi connectivity index (χ4v) is 4.69. The van der Waals surface area contributed by atoms with Crippen molar-refractivity contribution < 1.29 is 4.79 Å². The zero-order chi connectivity index (χ0) is 17.8. The number of amides is 1. The van der Waals surface area contributed by atoms with Gasteiger partial charge in [0.1, 0.15) is 0 Å². The van der Waals surface area contributed by atoms with Crippen LogP contribution in [0.15, 0.2) is 51.9 Å². The van der Waals surface area contributed by atoms with Crippen LogP contribution in [0.2, 0.25) is 10.0 Å². The number of fused-ring (bicyclic) bond motifs is 1. The molecule has 128 valence electrons. The van der Waals surface area contributed by atoms with Gasteiger partial charge in [-0.15, -0.1) is 11.3 Å². The Kier molecular flexibility index (Phi) is 5.96. The first kappa shape index (κ1) is 18.2. The lowest BCUT2D eigenvalue weighted by Gasteiger charge is -2.07. The van der Waals surface area contributed by atoms with E-state index in [1.165, 1.54) is 18.0 Å². The Morgan fingerprint density at radius 3 is 2.68 bits per heavy atom. The van der Waals surface area contributed by atoms with E-state index < -0.39 is 0 Å². The summed E-state index contributed by atoms with van der Waals surface area (Å²) in [5.41, 5.74) is 4.01. The van der Waals surface area contributed by atoms with Crippen LogP contribution < -0.4 is 5.43 Å². The Bertz CT molecular complexity index is 889. The Morgan fingerprint density at radius 2 is 1.96 bits per heavy atom. The van der Waals surface area contributed by atoms with Gasteiger partial charge in [-0.1, -0.05) is 53.2 Å². The molecule has 0 fully saturated rings. The molecule has 4 nitrogen and oxygen atoms in total. The minimum atomic E-state index is -0.334. The van der Waals surface area contributed by atoms with E-state index in [0.29, 0.717) is 15.6 Å². The van der Waals surface area contributed by atoms with Crippen molar-refractivity contribution in [2.24, 2.45) is 5.10 Å². The number of nitrogens with one attached hydrogen (secondary N) is 1. The molecule has 3 rings (SSSR count). The van der Waals surface area contributed by atoms with E-state index in [0.717, 1.165) is 14.6 Å². The SMILES string of the molecule is CC(Sc1nc2ccccc2s1)C(=O)N/N=C\c1c(Cl)cccc1Cl. The average molecular weight is 410 g/mol. The third-order valence-corrected chi connectivity index (χ3v) is 6.18. The largest absolute Gasteiger partial charge is 0.272 e. The lowest BCUT2D eigenvalue weighted by Crippen LogP contribution is -2.26. The van der Waals surface area contributed by atoms with Crippen LogP contribution in [0.1, 0.15) is 12.5 Å². The van der Waals surface area contributed by atoms with Crippen LogP contribution in [0.4, 0.5) is 0 Å². The first-order valence-electron chi connectivity index (χ1n) is 7.34. The van der Waals surface area contributed by atoms with Crippen LogP contribution >= 0.6 is 46.3 Å². The standard InChI is InChI=1S/C17H13Cl2N3OS2/c1-10(24-17-21-14-7-2-3-8-15(14)25-17)16(23)22-20-9-11-12(18)5-4-6-13(11)19/h2-10H,1H3,(H,22,23)/b20-9-. The number of carbonyl (C=O) groups excluding carboxylic acids is 1. The number of thioether (sulfide) groups is 1. The van der Waals surface area contributed by atoms with Crippen LogP contribution in [0.3, 0.4) is 0 Å². The molecule has 25 heavy (non-hydrogen) atoms. The van der Waals surface area contributed by atoms with Gasteiger partial charge in [0.2, 0.25) is 0 Å². The molecule has 1 aromatic heterocycles. The van der Waals surface area contributed by atoms with Gasteiger partial charge >= 0.3 is 0 Å². The molecule has 1 atom stereocenters. The van der Waals surface area contributed by atoms with E-state index in [-0.39, 0.29) is 11.2 Å². The van der Waals surface area contributed by atoms with Crippen LogP contribution in [-0.2, 0) is 4.79 Å². The zero-order valence-electron chi connectivity index (χ0n) is 13.1. The van der Waals surface area contributed by atoms with E-state index in [9.17, 15) is 4.79 Å². The number of rotatable bonds is 5. The fraction of sp³-hybridized carbons (Fsp3) is 0.118. The second-order valence-electron chi connectivity index (χ2n) is 5.08. The number of carbonyl (C=O) groups is 1. The average Bonchev–Trinajstić information content (AvgIpc) is 2.99. The van der Waals surface area contributed by atoms with Crippen LogP contribution in [-0.4, -0.2) is 22.4 Å².